The van der Waals surface area contributed by atoms with Gasteiger partial charge in [0.2, 0.25) is 16.5 Å². The molecular weight excluding hydrogens is 406 g/mol. The van der Waals surface area contributed by atoms with E-state index in [2.05, 4.69) is 34.6 Å². The maximum Gasteiger partial charge on any atom is 0.240 e. The minimum atomic E-state index is -3.17. The molecule has 10 heteroatoms. The molecule has 3 rings (SSSR count). The first-order valence-electron chi connectivity index (χ1n) is 6.62. The lowest BCUT2D eigenvalue weighted by molar-refractivity contribution is 0.525. The van der Waals surface area contributed by atoms with Crippen LogP contribution in [0.1, 0.15) is 22.7 Å². The summed E-state index contributed by atoms with van der Waals surface area (Å²) in [5.74, 6) is -0.494. The molecule has 1 aliphatic heterocycles. The van der Waals surface area contributed by atoms with Crippen LogP contribution >= 0.6 is 40.9 Å². The largest absolute Gasteiger partial charge is 0.435 e. The summed E-state index contributed by atoms with van der Waals surface area (Å²) in [5, 5.41) is 25.7. The first-order valence-corrected chi connectivity index (χ1v) is 11.2. The molecule has 2 heterocycles. The minimum absolute atomic E-state index is 0.253. The molecule has 2 atom stereocenters. The third-order valence-electron chi connectivity index (χ3n) is 3.94. The smallest absolute Gasteiger partial charge is 0.240 e. The molecule has 0 amide bonds. The Morgan fingerprint density at radius 1 is 1.42 bits per heavy atom. The van der Waals surface area contributed by atoms with Crippen molar-refractivity contribution >= 4 is 52.7 Å². The SMILES string of the molecule is Cc1[nH]nc2c1C(c1ccc(Cl)cc1Cl)C(C#N)(C#N)P(=S)(S)O2. The van der Waals surface area contributed by atoms with Crippen molar-refractivity contribution in [2.24, 2.45) is 0 Å². The summed E-state index contributed by atoms with van der Waals surface area (Å²) >= 11 is 22.2. The number of thiol groups is 1. The van der Waals surface area contributed by atoms with E-state index in [-0.39, 0.29) is 5.88 Å². The van der Waals surface area contributed by atoms with Crippen molar-refractivity contribution < 1.29 is 4.52 Å². The van der Waals surface area contributed by atoms with Crippen LogP contribution in [0, 0.1) is 29.6 Å². The van der Waals surface area contributed by atoms with Gasteiger partial charge in [-0.05, 0) is 36.4 Å². The highest BCUT2D eigenvalue weighted by atomic mass is 35.5. The molecule has 1 aromatic heterocycles. The molecule has 2 aromatic rings. The van der Waals surface area contributed by atoms with Gasteiger partial charge >= 0.3 is 0 Å². The van der Waals surface area contributed by atoms with Crippen molar-refractivity contribution in [3.05, 3.63) is 45.1 Å². The van der Waals surface area contributed by atoms with Gasteiger partial charge in [-0.3, -0.25) is 5.10 Å². The number of fused-ring (bicyclic) bond motifs is 1. The van der Waals surface area contributed by atoms with Gasteiger partial charge in [0.15, 0.2) is 0 Å². The van der Waals surface area contributed by atoms with E-state index in [4.69, 9.17) is 39.5 Å². The molecule has 0 aliphatic carbocycles. The van der Waals surface area contributed by atoms with Gasteiger partial charge in [-0.1, -0.05) is 29.3 Å². The van der Waals surface area contributed by atoms with E-state index in [1.807, 2.05) is 0 Å². The first-order chi connectivity index (χ1) is 11.3. The second-order valence-corrected chi connectivity index (χ2v) is 12.1. The Bertz CT molecular complexity index is 964. The number of rotatable bonds is 1. The molecule has 122 valence electrons. The monoisotopic (exact) mass is 414 g/mol. The van der Waals surface area contributed by atoms with Crippen LogP contribution in [0.15, 0.2) is 18.2 Å². The molecule has 1 N–H and O–H groups in total. The molecule has 0 spiro atoms. The van der Waals surface area contributed by atoms with E-state index in [1.54, 1.807) is 25.1 Å². The van der Waals surface area contributed by atoms with Crippen LogP contribution < -0.4 is 4.52 Å². The second kappa shape index (κ2) is 5.95. The third-order valence-corrected chi connectivity index (χ3v) is 8.55. The van der Waals surface area contributed by atoms with Crippen molar-refractivity contribution in [3.63, 3.8) is 0 Å². The van der Waals surface area contributed by atoms with Gasteiger partial charge in [-0.2, -0.15) is 10.5 Å². The lowest BCUT2D eigenvalue weighted by Gasteiger charge is -2.39. The number of halogens is 2. The van der Waals surface area contributed by atoms with Crippen molar-refractivity contribution in [1.82, 2.24) is 10.2 Å². The number of hydrogen-bond donors (Lipinski definition) is 2. The highest BCUT2D eigenvalue weighted by Gasteiger charge is 2.59. The van der Waals surface area contributed by atoms with Gasteiger partial charge in [0, 0.05) is 21.3 Å². The lowest BCUT2D eigenvalue weighted by Crippen LogP contribution is -2.37. The highest BCUT2D eigenvalue weighted by Crippen LogP contribution is 2.72. The second-order valence-electron chi connectivity index (χ2n) is 5.27. The standard InChI is InChI=1S/C14H9Cl2N4OPS2/c1-7-11-12(9-3-2-8(15)4-10(9)16)14(5-17,6-18)22(23,24)21-13(11)20-19-7/h2-4,12H,1H3,(H,19,20)(H,23,24). The highest BCUT2D eigenvalue weighted by molar-refractivity contribution is 8.62. The van der Waals surface area contributed by atoms with Gasteiger partial charge in [0.25, 0.3) is 0 Å². The molecule has 0 bridgehead atoms. The zero-order chi connectivity index (χ0) is 17.7. The van der Waals surface area contributed by atoms with Crippen LogP contribution in [0.25, 0.3) is 0 Å². The number of aryl methyl sites for hydroxylation is 1. The summed E-state index contributed by atoms with van der Waals surface area (Å²) in [6, 6.07) is 9.00. The van der Waals surface area contributed by atoms with Crippen molar-refractivity contribution in [3.8, 4) is 18.0 Å². The van der Waals surface area contributed by atoms with Crippen molar-refractivity contribution in [1.29, 1.82) is 10.5 Å². The Morgan fingerprint density at radius 3 is 2.67 bits per heavy atom. The summed E-state index contributed by atoms with van der Waals surface area (Å²) < 4.78 is 5.69. The lowest BCUT2D eigenvalue weighted by atomic mass is 9.81. The molecule has 24 heavy (non-hydrogen) atoms. The van der Waals surface area contributed by atoms with Crippen LogP contribution in [0.3, 0.4) is 0 Å². The fourth-order valence-corrected chi connectivity index (χ4v) is 6.29. The van der Waals surface area contributed by atoms with Gasteiger partial charge in [0.05, 0.1) is 18.1 Å². The number of aromatic amines is 1. The van der Waals surface area contributed by atoms with Crippen LogP contribution in [0.4, 0.5) is 0 Å². The molecule has 0 fully saturated rings. The van der Waals surface area contributed by atoms with E-state index in [9.17, 15) is 10.5 Å². The number of benzene rings is 1. The van der Waals surface area contributed by atoms with Gasteiger partial charge in [-0.15, -0.1) is 17.3 Å². The zero-order valence-corrected chi connectivity index (χ0v) is 16.2. The molecule has 5 nitrogen and oxygen atoms in total. The number of H-pyrrole nitrogens is 1. The summed E-state index contributed by atoms with van der Waals surface area (Å²) in [6.45, 7) is 1.78. The summed E-state index contributed by atoms with van der Waals surface area (Å²) in [4.78, 5) is 0. The summed E-state index contributed by atoms with van der Waals surface area (Å²) in [6.07, 6.45) is 0. The molecule has 1 aliphatic rings. The average Bonchev–Trinajstić information content (AvgIpc) is 2.86. The van der Waals surface area contributed by atoms with Gasteiger partial charge in [-0.25, -0.2) is 0 Å². The molecule has 0 radical (unpaired) electrons. The normalized spacial score (nSPS) is 24.3. The zero-order valence-electron chi connectivity index (χ0n) is 12.1. The fraction of sp³-hybridized carbons (Fsp3) is 0.214. The Labute approximate surface area is 158 Å². The number of nitrogens with one attached hydrogen (secondary N) is 1. The van der Waals surface area contributed by atoms with Gasteiger partial charge < -0.3 is 4.52 Å². The number of nitrogens with zero attached hydrogens (tertiary/aromatic N) is 3. The summed E-state index contributed by atoms with van der Waals surface area (Å²) in [7, 11) is 0. The Morgan fingerprint density at radius 2 is 2.08 bits per heavy atom. The fourth-order valence-electron chi connectivity index (χ4n) is 2.78. The van der Waals surface area contributed by atoms with E-state index < -0.39 is 16.5 Å². The Balaban J connectivity index is 2.42. The number of hydrogen-bond acceptors (Lipinski definition) is 5. The van der Waals surface area contributed by atoms with Crippen LogP contribution in [-0.2, 0) is 11.8 Å². The predicted molar refractivity (Wildman–Crippen MR) is 99.5 cm³/mol. The van der Waals surface area contributed by atoms with Crippen LogP contribution in [0.5, 0.6) is 5.88 Å². The molecule has 1 aromatic carbocycles. The predicted octanol–water partition coefficient (Wildman–Crippen LogP) is 4.57. The van der Waals surface area contributed by atoms with Crippen molar-refractivity contribution in [2.75, 3.05) is 0 Å². The maximum absolute atomic E-state index is 9.87. The number of nitriles is 2. The first kappa shape index (κ1) is 17.6. The Hall–Kier alpha value is -1.21. The average molecular weight is 415 g/mol. The molecular formula is C14H9Cl2N4OPS2. The minimum Gasteiger partial charge on any atom is -0.435 e. The van der Waals surface area contributed by atoms with Crippen molar-refractivity contribution in [2.45, 2.75) is 18.0 Å². The van der Waals surface area contributed by atoms with Crippen LogP contribution in [-0.4, -0.2) is 15.4 Å². The molecule has 2 unspecified atom stereocenters. The van der Waals surface area contributed by atoms with Gasteiger partial charge in [0.1, 0.15) is 0 Å². The Kier molecular flexibility index (Phi) is 4.36. The quantitative estimate of drug-likeness (QED) is 0.526. The van der Waals surface area contributed by atoms with Crippen LogP contribution in [0.2, 0.25) is 10.0 Å². The maximum atomic E-state index is 9.87. The topological polar surface area (TPSA) is 85.5 Å². The molecule has 0 saturated carbocycles. The molecule has 0 saturated heterocycles. The van der Waals surface area contributed by atoms with E-state index in [1.165, 1.54) is 0 Å². The summed E-state index contributed by atoms with van der Waals surface area (Å²) in [5.41, 5.74) is -1.37. The number of aromatic nitrogens is 2. The van der Waals surface area contributed by atoms with E-state index in [0.717, 1.165) is 0 Å². The van der Waals surface area contributed by atoms with E-state index in [0.29, 0.717) is 26.9 Å². The third kappa shape index (κ3) is 2.36. The van der Waals surface area contributed by atoms with E-state index >= 15 is 0 Å².